The summed E-state index contributed by atoms with van der Waals surface area (Å²) in [5.74, 6) is 0. The summed E-state index contributed by atoms with van der Waals surface area (Å²) < 4.78 is 2.36. The van der Waals surface area contributed by atoms with Gasteiger partial charge in [-0.3, -0.25) is 0 Å². The summed E-state index contributed by atoms with van der Waals surface area (Å²) in [5.41, 5.74) is 1.44. The van der Waals surface area contributed by atoms with Gasteiger partial charge in [-0.2, -0.15) is 0 Å². The summed E-state index contributed by atoms with van der Waals surface area (Å²) in [7, 11) is 2.18. The first-order valence-electron chi connectivity index (χ1n) is 4.98. The highest BCUT2D eigenvalue weighted by Gasteiger charge is 2.35. The zero-order chi connectivity index (χ0) is 10.1. The van der Waals surface area contributed by atoms with Crippen molar-refractivity contribution in [2.75, 3.05) is 7.05 Å². The number of thioether (sulfide) groups is 1. The van der Waals surface area contributed by atoms with E-state index in [0.717, 1.165) is 0 Å². The Morgan fingerprint density at radius 3 is 2.36 bits per heavy atom. The minimum atomic E-state index is 0.598. The van der Waals surface area contributed by atoms with Crippen molar-refractivity contribution in [3.8, 4) is 0 Å². The van der Waals surface area contributed by atoms with E-state index < -0.39 is 0 Å². The van der Waals surface area contributed by atoms with Crippen LogP contribution in [0.15, 0.2) is 30.3 Å². The first-order valence-corrected chi connectivity index (χ1v) is 5.86. The first kappa shape index (κ1) is 9.78. The van der Waals surface area contributed by atoms with Crippen LogP contribution in [0.1, 0.15) is 24.7 Å². The zero-order valence-corrected chi connectivity index (χ0v) is 9.71. The van der Waals surface area contributed by atoms with Gasteiger partial charge in [0.1, 0.15) is 12.3 Å². The van der Waals surface area contributed by atoms with Crippen LogP contribution in [0.25, 0.3) is 0 Å². The van der Waals surface area contributed by atoms with E-state index in [9.17, 15) is 0 Å². The molecule has 0 aliphatic carbocycles. The molecule has 1 aliphatic rings. The van der Waals surface area contributed by atoms with Gasteiger partial charge in [0.15, 0.2) is 6.04 Å². The van der Waals surface area contributed by atoms with Crippen molar-refractivity contribution < 1.29 is 4.58 Å². The lowest BCUT2D eigenvalue weighted by atomic mass is 10.1. The molecule has 74 valence electrons. The van der Waals surface area contributed by atoms with Gasteiger partial charge in [0, 0.05) is 6.92 Å². The van der Waals surface area contributed by atoms with E-state index in [-0.39, 0.29) is 0 Å². The number of hydrogen-bond acceptors (Lipinski definition) is 1. The molecule has 1 nitrogen and oxygen atoms in total. The lowest BCUT2D eigenvalue weighted by molar-refractivity contribution is -0.528. The third-order valence-corrected chi connectivity index (χ3v) is 4.52. The fourth-order valence-electron chi connectivity index (χ4n) is 1.84. The summed E-state index contributed by atoms with van der Waals surface area (Å²) in [6, 6.07) is 11.4. The SMILES string of the molecule is CC1=[N+](C)[C@H](C)[C@@H](c2ccccc2)S1. The van der Waals surface area contributed by atoms with Crippen molar-refractivity contribution in [3.05, 3.63) is 35.9 Å². The molecule has 1 aromatic rings. The first-order chi connectivity index (χ1) is 6.70. The summed E-state index contributed by atoms with van der Waals surface area (Å²) in [4.78, 5) is 0. The van der Waals surface area contributed by atoms with Crippen molar-refractivity contribution >= 4 is 16.8 Å². The van der Waals surface area contributed by atoms with Crippen molar-refractivity contribution in [1.82, 2.24) is 0 Å². The Balaban J connectivity index is 2.25. The van der Waals surface area contributed by atoms with Gasteiger partial charge in [0.25, 0.3) is 0 Å². The highest BCUT2D eigenvalue weighted by atomic mass is 32.2. The molecule has 2 rings (SSSR count). The normalized spacial score (nSPS) is 27.1. The van der Waals surface area contributed by atoms with Crippen LogP contribution in [-0.4, -0.2) is 22.7 Å². The van der Waals surface area contributed by atoms with E-state index in [1.807, 2.05) is 11.8 Å². The Hall–Kier alpha value is -0.760. The van der Waals surface area contributed by atoms with E-state index in [0.29, 0.717) is 11.3 Å². The largest absolute Gasteiger partial charge is 0.227 e. The highest BCUT2D eigenvalue weighted by Crippen LogP contribution is 2.38. The standard InChI is InChI=1S/C12H16NS/c1-9-12(14-10(2)13(9)3)11-7-5-4-6-8-11/h4-9,12H,1-3H3/q+1/t9-,12+/m1/s1. The lowest BCUT2D eigenvalue weighted by Crippen LogP contribution is -2.20. The minimum Gasteiger partial charge on any atom is -0.227 e. The highest BCUT2D eigenvalue weighted by molar-refractivity contribution is 8.14. The van der Waals surface area contributed by atoms with Gasteiger partial charge in [-0.15, -0.1) is 0 Å². The molecule has 1 heterocycles. The average Bonchev–Trinajstić information content (AvgIpc) is 2.47. The third kappa shape index (κ3) is 1.59. The smallest absolute Gasteiger partial charge is 0.208 e. The molecule has 0 radical (unpaired) electrons. The van der Waals surface area contributed by atoms with Gasteiger partial charge in [0.05, 0.1) is 0 Å². The Morgan fingerprint density at radius 2 is 1.86 bits per heavy atom. The molecule has 0 saturated heterocycles. The minimum absolute atomic E-state index is 0.598. The van der Waals surface area contributed by atoms with E-state index in [2.05, 4.69) is 55.8 Å². The molecule has 0 spiro atoms. The van der Waals surface area contributed by atoms with Crippen LogP contribution in [0.3, 0.4) is 0 Å². The molecule has 0 unspecified atom stereocenters. The van der Waals surface area contributed by atoms with Crippen LogP contribution in [0.4, 0.5) is 0 Å². The number of nitrogens with zero attached hydrogens (tertiary/aromatic N) is 1. The van der Waals surface area contributed by atoms with E-state index in [4.69, 9.17) is 0 Å². The summed E-state index contributed by atoms with van der Waals surface area (Å²) in [6.45, 7) is 4.49. The van der Waals surface area contributed by atoms with Crippen molar-refractivity contribution in [1.29, 1.82) is 0 Å². The molecule has 2 heteroatoms. The quantitative estimate of drug-likeness (QED) is 0.638. The number of hydrogen-bond donors (Lipinski definition) is 0. The van der Waals surface area contributed by atoms with Gasteiger partial charge < -0.3 is 0 Å². The van der Waals surface area contributed by atoms with Crippen LogP contribution in [0, 0.1) is 0 Å². The summed E-state index contributed by atoms with van der Waals surface area (Å²) in [5, 5.41) is 2.02. The van der Waals surface area contributed by atoms with Gasteiger partial charge in [-0.25, -0.2) is 4.58 Å². The second-order valence-electron chi connectivity index (χ2n) is 3.82. The maximum absolute atomic E-state index is 2.36. The van der Waals surface area contributed by atoms with Crippen LogP contribution in [0.2, 0.25) is 0 Å². The molecule has 1 aromatic carbocycles. The van der Waals surface area contributed by atoms with Crippen molar-refractivity contribution in [2.45, 2.75) is 25.1 Å². The van der Waals surface area contributed by atoms with E-state index >= 15 is 0 Å². The van der Waals surface area contributed by atoms with Gasteiger partial charge in [-0.05, 0) is 24.2 Å². The molecule has 14 heavy (non-hydrogen) atoms. The zero-order valence-electron chi connectivity index (χ0n) is 8.90. The molecule has 2 atom stereocenters. The number of likely N-dealkylation sites (N-methyl/N-ethyl adjacent to an activating group) is 1. The second-order valence-corrected chi connectivity index (χ2v) is 5.15. The van der Waals surface area contributed by atoms with Crippen molar-refractivity contribution in [3.63, 3.8) is 0 Å². The second kappa shape index (κ2) is 3.77. The van der Waals surface area contributed by atoms with Gasteiger partial charge in [-0.1, -0.05) is 30.3 Å². The Morgan fingerprint density at radius 1 is 1.21 bits per heavy atom. The van der Waals surface area contributed by atoms with E-state index in [1.54, 1.807) is 0 Å². The Labute approximate surface area is 89.8 Å². The summed E-state index contributed by atoms with van der Waals surface area (Å²) >= 11 is 1.98. The molecule has 1 aliphatic heterocycles. The molecule has 0 N–H and O–H groups in total. The average molecular weight is 206 g/mol. The lowest BCUT2D eigenvalue weighted by Gasteiger charge is -2.11. The van der Waals surface area contributed by atoms with Crippen LogP contribution in [0.5, 0.6) is 0 Å². The fraction of sp³-hybridized carbons (Fsp3) is 0.417. The molecule has 0 fully saturated rings. The molecule has 0 amide bonds. The fourth-order valence-corrected chi connectivity index (χ4v) is 3.22. The predicted molar refractivity (Wildman–Crippen MR) is 63.1 cm³/mol. The Bertz CT molecular complexity index is 356. The number of benzene rings is 1. The molecule has 0 saturated carbocycles. The molecular formula is C12H16NS+. The van der Waals surface area contributed by atoms with Crippen LogP contribution < -0.4 is 0 Å². The topological polar surface area (TPSA) is 3.01 Å². The third-order valence-electron chi connectivity index (χ3n) is 2.97. The summed E-state index contributed by atoms with van der Waals surface area (Å²) in [6.07, 6.45) is 0. The van der Waals surface area contributed by atoms with Gasteiger partial charge in [0.2, 0.25) is 5.04 Å². The van der Waals surface area contributed by atoms with Crippen molar-refractivity contribution in [2.24, 2.45) is 0 Å². The maximum atomic E-state index is 2.36. The predicted octanol–water partition coefficient (Wildman–Crippen LogP) is 2.92. The molecule has 0 bridgehead atoms. The monoisotopic (exact) mass is 206 g/mol. The molecular weight excluding hydrogens is 190 g/mol. The van der Waals surface area contributed by atoms with Gasteiger partial charge >= 0.3 is 0 Å². The molecule has 0 aromatic heterocycles. The van der Waals surface area contributed by atoms with Crippen LogP contribution in [-0.2, 0) is 0 Å². The van der Waals surface area contributed by atoms with Crippen LogP contribution >= 0.6 is 11.8 Å². The number of rotatable bonds is 1. The Kier molecular flexibility index (Phi) is 2.64. The van der Waals surface area contributed by atoms with E-state index in [1.165, 1.54) is 10.6 Å². The maximum Gasteiger partial charge on any atom is 0.208 e.